The first kappa shape index (κ1) is 17.5. The highest BCUT2D eigenvalue weighted by Crippen LogP contribution is 2.17. The number of piperidine rings is 1. The van der Waals surface area contributed by atoms with E-state index in [0.717, 1.165) is 35.8 Å². The van der Waals surface area contributed by atoms with Gasteiger partial charge in [-0.1, -0.05) is 19.1 Å². The van der Waals surface area contributed by atoms with Gasteiger partial charge in [0.1, 0.15) is 0 Å². The highest BCUT2D eigenvalue weighted by atomic mass is 16.2. The lowest BCUT2D eigenvalue weighted by molar-refractivity contribution is -0.898. The molecular weight excluding hydrogens is 290 g/mol. The van der Waals surface area contributed by atoms with Gasteiger partial charge in [-0.2, -0.15) is 0 Å². The minimum Gasteiger partial charge on any atom is -0.342 e. The largest absolute Gasteiger partial charge is 0.342 e. The number of carbonyl (C=O) groups is 2. The predicted octanol–water partition coefficient (Wildman–Crippen LogP) is 0.673. The minimum atomic E-state index is -0.186. The molecule has 0 bridgehead atoms. The van der Waals surface area contributed by atoms with Crippen LogP contribution in [0.4, 0.5) is 5.69 Å². The molecule has 1 aromatic carbocycles. The fourth-order valence-electron chi connectivity index (χ4n) is 2.90. The molecule has 0 saturated carbocycles. The fraction of sp³-hybridized carbons (Fsp3) is 0.556. The summed E-state index contributed by atoms with van der Waals surface area (Å²) in [7, 11) is 0. The Morgan fingerprint density at radius 3 is 2.57 bits per heavy atom. The molecule has 5 nitrogen and oxygen atoms in total. The minimum absolute atomic E-state index is 0.0237. The van der Waals surface area contributed by atoms with Crippen molar-refractivity contribution in [1.29, 1.82) is 0 Å². The second-order valence-electron chi connectivity index (χ2n) is 6.68. The van der Waals surface area contributed by atoms with E-state index < -0.39 is 0 Å². The molecule has 1 aliphatic rings. The number of amides is 2. The predicted molar refractivity (Wildman–Crippen MR) is 91.5 cm³/mol. The van der Waals surface area contributed by atoms with Crippen molar-refractivity contribution < 1.29 is 14.5 Å². The molecule has 1 heterocycles. The Morgan fingerprint density at radius 1 is 1.17 bits per heavy atom. The zero-order valence-corrected chi connectivity index (χ0v) is 14.4. The zero-order chi connectivity index (χ0) is 16.8. The third kappa shape index (κ3) is 5.36. The average molecular weight is 318 g/mol. The van der Waals surface area contributed by atoms with Crippen LogP contribution in [0.25, 0.3) is 0 Å². The number of hydrogen-bond acceptors (Lipinski definition) is 2. The number of nitrogens with one attached hydrogen (secondary N) is 3. The van der Waals surface area contributed by atoms with Crippen molar-refractivity contribution in [3.8, 4) is 0 Å². The number of anilines is 1. The Labute approximate surface area is 138 Å². The van der Waals surface area contributed by atoms with Crippen molar-refractivity contribution in [2.45, 2.75) is 33.6 Å². The maximum Gasteiger partial charge on any atom is 0.275 e. The Morgan fingerprint density at radius 2 is 1.87 bits per heavy atom. The molecule has 2 rings (SSSR count). The first-order valence-electron chi connectivity index (χ1n) is 8.42. The van der Waals surface area contributed by atoms with Crippen LogP contribution in [0.1, 0.15) is 30.9 Å². The smallest absolute Gasteiger partial charge is 0.275 e. The van der Waals surface area contributed by atoms with Gasteiger partial charge in [-0.05, 0) is 49.8 Å². The van der Waals surface area contributed by atoms with Crippen molar-refractivity contribution in [2.75, 3.05) is 31.5 Å². The zero-order valence-electron chi connectivity index (χ0n) is 14.4. The van der Waals surface area contributed by atoms with E-state index in [2.05, 4.69) is 17.6 Å². The van der Waals surface area contributed by atoms with E-state index in [9.17, 15) is 9.59 Å². The van der Waals surface area contributed by atoms with Crippen molar-refractivity contribution in [3.05, 3.63) is 29.3 Å². The van der Waals surface area contributed by atoms with Crippen LogP contribution in [-0.2, 0) is 9.59 Å². The van der Waals surface area contributed by atoms with E-state index in [1.807, 2.05) is 32.0 Å². The monoisotopic (exact) mass is 318 g/mol. The summed E-state index contributed by atoms with van der Waals surface area (Å²) < 4.78 is 0. The van der Waals surface area contributed by atoms with Crippen molar-refractivity contribution in [2.24, 2.45) is 5.92 Å². The molecule has 0 aliphatic carbocycles. The van der Waals surface area contributed by atoms with Gasteiger partial charge in [-0.25, -0.2) is 0 Å². The summed E-state index contributed by atoms with van der Waals surface area (Å²) in [5.74, 6) is 0.533. The summed E-state index contributed by atoms with van der Waals surface area (Å²) in [5.41, 5.74) is 2.99. The summed E-state index contributed by atoms with van der Waals surface area (Å²) in [5, 5.41) is 5.58. The molecule has 0 radical (unpaired) electrons. The Balaban J connectivity index is 1.73. The molecule has 1 saturated heterocycles. The third-order valence-electron chi connectivity index (χ3n) is 4.72. The first-order chi connectivity index (χ1) is 11.0. The molecule has 0 aromatic heterocycles. The van der Waals surface area contributed by atoms with Gasteiger partial charge >= 0.3 is 0 Å². The van der Waals surface area contributed by atoms with Gasteiger partial charge in [0.25, 0.3) is 5.91 Å². The standard InChI is InChI=1S/C18H27N3O2/c1-13-7-9-21(10-8-13)12-18(23)19-11-17(22)20-16-6-4-5-14(2)15(16)3/h4-6,13H,7-12H2,1-3H3,(H,19,23)(H,20,22)/p+1. The number of quaternary nitrogens is 1. The number of rotatable bonds is 5. The number of benzene rings is 1. The molecule has 23 heavy (non-hydrogen) atoms. The number of hydrogen-bond donors (Lipinski definition) is 3. The van der Waals surface area contributed by atoms with Gasteiger partial charge in [0.05, 0.1) is 19.6 Å². The molecular formula is C18H28N3O2+. The SMILES string of the molecule is Cc1cccc(NC(=O)CNC(=O)C[NH+]2CCC(C)CC2)c1C. The highest BCUT2D eigenvalue weighted by molar-refractivity contribution is 5.95. The molecule has 1 aromatic rings. The number of likely N-dealkylation sites (tertiary alicyclic amines) is 1. The van der Waals surface area contributed by atoms with Crippen LogP contribution in [0.5, 0.6) is 0 Å². The summed E-state index contributed by atoms with van der Waals surface area (Å²) in [6.07, 6.45) is 2.35. The molecule has 126 valence electrons. The van der Waals surface area contributed by atoms with E-state index >= 15 is 0 Å². The van der Waals surface area contributed by atoms with Crippen LogP contribution in [0, 0.1) is 19.8 Å². The normalized spacial score (nSPS) is 20.8. The topological polar surface area (TPSA) is 62.6 Å². The van der Waals surface area contributed by atoms with Crippen LogP contribution in [0.2, 0.25) is 0 Å². The summed E-state index contributed by atoms with van der Waals surface area (Å²) in [6.45, 7) is 8.82. The van der Waals surface area contributed by atoms with Crippen LogP contribution in [0.15, 0.2) is 18.2 Å². The van der Waals surface area contributed by atoms with Gasteiger partial charge in [-0.3, -0.25) is 9.59 Å². The molecule has 0 unspecified atom stereocenters. The van der Waals surface area contributed by atoms with Crippen LogP contribution < -0.4 is 15.5 Å². The third-order valence-corrected chi connectivity index (χ3v) is 4.72. The van der Waals surface area contributed by atoms with E-state index in [0.29, 0.717) is 6.54 Å². The second kappa shape index (κ2) is 8.11. The molecule has 5 heteroatoms. The van der Waals surface area contributed by atoms with Gasteiger partial charge in [0, 0.05) is 5.69 Å². The molecule has 0 atom stereocenters. The summed E-state index contributed by atoms with van der Waals surface area (Å²) >= 11 is 0. The average Bonchev–Trinajstić information content (AvgIpc) is 2.52. The van der Waals surface area contributed by atoms with Crippen LogP contribution in [0.3, 0.4) is 0 Å². The lowest BCUT2D eigenvalue weighted by atomic mass is 9.99. The first-order valence-corrected chi connectivity index (χ1v) is 8.42. The van der Waals surface area contributed by atoms with Gasteiger partial charge in [0.2, 0.25) is 5.91 Å². The highest BCUT2D eigenvalue weighted by Gasteiger charge is 2.21. The Bertz CT molecular complexity index is 563. The fourth-order valence-corrected chi connectivity index (χ4v) is 2.90. The van der Waals surface area contributed by atoms with Gasteiger partial charge in [-0.15, -0.1) is 0 Å². The lowest BCUT2D eigenvalue weighted by Crippen LogP contribution is -3.14. The second-order valence-corrected chi connectivity index (χ2v) is 6.68. The molecule has 0 spiro atoms. The van der Waals surface area contributed by atoms with Crippen LogP contribution in [-0.4, -0.2) is 38.0 Å². The molecule has 1 aliphatic heterocycles. The maximum atomic E-state index is 12.0. The number of aryl methyl sites for hydroxylation is 1. The quantitative estimate of drug-likeness (QED) is 0.747. The van der Waals surface area contributed by atoms with E-state index in [1.54, 1.807) is 0 Å². The number of carbonyl (C=O) groups excluding carboxylic acids is 2. The lowest BCUT2D eigenvalue weighted by Gasteiger charge is -2.26. The molecule has 2 amide bonds. The van der Waals surface area contributed by atoms with Gasteiger partial charge in [0.15, 0.2) is 6.54 Å². The van der Waals surface area contributed by atoms with Crippen molar-refractivity contribution in [1.82, 2.24) is 5.32 Å². The van der Waals surface area contributed by atoms with E-state index in [4.69, 9.17) is 0 Å². The van der Waals surface area contributed by atoms with E-state index in [1.165, 1.54) is 17.7 Å². The van der Waals surface area contributed by atoms with Gasteiger partial charge < -0.3 is 15.5 Å². The summed E-state index contributed by atoms with van der Waals surface area (Å²) in [4.78, 5) is 25.3. The molecule has 3 N–H and O–H groups in total. The Hall–Kier alpha value is -1.88. The summed E-state index contributed by atoms with van der Waals surface area (Å²) in [6, 6.07) is 5.80. The molecule has 1 fully saturated rings. The van der Waals surface area contributed by atoms with Crippen LogP contribution >= 0.6 is 0 Å². The maximum absolute atomic E-state index is 12.0. The Kier molecular flexibility index (Phi) is 6.16. The van der Waals surface area contributed by atoms with Crippen molar-refractivity contribution >= 4 is 17.5 Å². The van der Waals surface area contributed by atoms with Crippen molar-refractivity contribution in [3.63, 3.8) is 0 Å². The van der Waals surface area contributed by atoms with E-state index in [-0.39, 0.29) is 18.4 Å².